The lowest BCUT2D eigenvalue weighted by Gasteiger charge is -2.17. The van der Waals surface area contributed by atoms with Crippen LogP contribution in [0.15, 0.2) is 0 Å². The van der Waals surface area contributed by atoms with Gasteiger partial charge in [0.1, 0.15) is 6.29 Å². The average molecular weight is 129 g/mol. The van der Waals surface area contributed by atoms with Gasteiger partial charge >= 0.3 is 0 Å². The fourth-order valence-electron chi connectivity index (χ4n) is 0.378. The maximum absolute atomic E-state index is 10.5. The van der Waals surface area contributed by atoms with E-state index >= 15 is 0 Å². The summed E-state index contributed by atoms with van der Waals surface area (Å²) in [7, 11) is 1.60. The lowest BCUT2D eigenvalue weighted by molar-refractivity contribution is -0.132. The third kappa shape index (κ3) is 2.26. The minimum Gasteiger partial charge on any atom is -0.337 e. The molecule has 0 aliphatic heterocycles. The van der Waals surface area contributed by atoms with Crippen LogP contribution in [0.3, 0.4) is 0 Å². The van der Waals surface area contributed by atoms with Gasteiger partial charge in [0.25, 0.3) is 0 Å². The van der Waals surface area contributed by atoms with Crippen molar-refractivity contribution in [2.24, 2.45) is 0 Å². The van der Waals surface area contributed by atoms with Crippen LogP contribution >= 0.6 is 0 Å². The lowest BCUT2D eigenvalue weighted by Crippen LogP contribution is -2.33. The van der Waals surface area contributed by atoms with E-state index in [1.807, 2.05) is 0 Å². The van der Waals surface area contributed by atoms with Crippen LogP contribution in [-0.4, -0.2) is 30.2 Å². The van der Waals surface area contributed by atoms with Gasteiger partial charge in [-0.1, -0.05) is 0 Å². The van der Waals surface area contributed by atoms with Crippen molar-refractivity contribution < 1.29 is 9.59 Å². The molecule has 1 atom stereocenters. The number of aldehydes is 1. The largest absolute Gasteiger partial charge is 0.337 e. The minimum absolute atomic E-state index is 0.0883. The molecule has 3 nitrogen and oxygen atoms in total. The van der Waals surface area contributed by atoms with Gasteiger partial charge in [-0.15, -0.1) is 0 Å². The smallest absolute Gasteiger partial charge is 0.219 e. The quantitative estimate of drug-likeness (QED) is 0.494. The summed E-state index contributed by atoms with van der Waals surface area (Å²) in [6, 6.07) is -0.303. The van der Waals surface area contributed by atoms with E-state index in [9.17, 15) is 9.59 Å². The topological polar surface area (TPSA) is 37.4 Å². The number of amides is 1. The first-order valence-electron chi connectivity index (χ1n) is 2.78. The molecule has 3 heteroatoms. The van der Waals surface area contributed by atoms with Gasteiger partial charge in [-0.05, 0) is 6.92 Å². The van der Waals surface area contributed by atoms with Crippen LogP contribution in [0.4, 0.5) is 0 Å². The van der Waals surface area contributed by atoms with Crippen molar-refractivity contribution in [1.82, 2.24) is 4.90 Å². The predicted octanol–water partition coefficient (Wildman–Crippen LogP) is 0.0521. The van der Waals surface area contributed by atoms with Crippen molar-refractivity contribution in [1.29, 1.82) is 0 Å². The van der Waals surface area contributed by atoms with E-state index in [2.05, 4.69) is 0 Å². The summed E-state index contributed by atoms with van der Waals surface area (Å²) in [5, 5.41) is 0. The van der Waals surface area contributed by atoms with Crippen LogP contribution in [-0.2, 0) is 9.59 Å². The molecule has 0 heterocycles. The minimum atomic E-state index is -0.303. The standard InChI is InChI=1S/C6H11NO2/c1-5(4-8)7(3)6(2)9/h4-5H,1-3H3/t5-/m1/s1. The molecule has 0 rings (SSSR count). The van der Waals surface area contributed by atoms with Gasteiger partial charge in [-0.25, -0.2) is 0 Å². The third-order valence-electron chi connectivity index (χ3n) is 1.30. The molecule has 0 aliphatic carbocycles. The average Bonchev–Trinajstić information content (AvgIpc) is 1.84. The SMILES string of the molecule is CC(=O)N(C)[C@H](C)C=O. The number of hydrogen-bond donors (Lipinski definition) is 0. The van der Waals surface area contributed by atoms with Crippen LogP contribution in [0, 0.1) is 0 Å². The zero-order chi connectivity index (χ0) is 7.44. The Hall–Kier alpha value is -0.860. The second-order valence-corrected chi connectivity index (χ2v) is 2.01. The van der Waals surface area contributed by atoms with Crippen molar-refractivity contribution in [3.8, 4) is 0 Å². The highest BCUT2D eigenvalue weighted by molar-refractivity contribution is 5.76. The van der Waals surface area contributed by atoms with E-state index in [0.717, 1.165) is 6.29 Å². The van der Waals surface area contributed by atoms with E-state index in [-0.39, 0.29) is 11.9 Å². The second-order valence-electron chi connectivity index (χ2n) is 2.01. The molecule has 0 aliphatic rings. The summed E-state index contributed by atoms with van der Waals surface area (Å²) in [5.41, 5.74) is 0. The first-order chi connectivity index (χ1) is 4.09. The fourth-order valence-corrected chi connectivity index (χ4v) is 0.378. The van der Waals surface area contributed by atoms with E-state index in [1.54, 1.807) is 14.0 Å². The van der Waals surface area contributed by atoms with Gasteiger partial charge in [0.2, 0.25) is 5.91 Å². The molecule has 0 radical (unpaired) electrons. The molecule has 0 fully saturated rings. The highest BCUT2D eigenvalue weighted by Crippen LogP contribution is 1.90. The third-order valence-corrected chi connectivity index (χ3v) is 1.30. The molecule has 0 spiro atoms. The molecular formula is C6H11NO2. The number of nitrogens with zero attached hydrogens (tertiary/aromatic N) is 1. The molecule has 0 saturated heterocycles. The summed E-state index contributed by atoms with van der Waals surface area (Å²) in [6.07, 6.45) is 0.738. The molecule has 9 heavy (non-hydrogen) atoms. The monoisotopic (exact) mass is 129 g/mol. The fraction of sp³-hybridized carbons (Fsp3) is 0.667. The molecule has 0 bridgehead atoms. The normalized spacial score (nSPS) is 12.3. The molecule has 0 saturated carbocycles. The summed E-state index contributed by atoms with van der Waals surface area (Å²) in [5.74, 6) is -0.0883. The van der Waals surface area contributed by atoms with Crippen molar-refractivity contribution in [2.75, 3.05) is 7.05 Å². The van der Waals surface area contributed by atoms with Crippen molar-refractivity contribution >= 4 is 12.2 Å². The Bertz CT molecular complexity index is 122. The highest BCUT2D eigenvalue weighted by atomic mass is 16.2. The number of carbonyl (C=O) groups excluding carboxylic acids is 2. The summed E-state index contributed by atoms with van der Waals surface area (Å²) >= 11 is 0. The van der Waals surface area contributed by atoms with Gasteiger partial charge in [-0.2, -0.15) is 0 Å². The first-order valence-corrected chi connectivity index (χ1v) is 2.78. The van der Waals surface area contributed by atoms with E-state index in [0.29, 0.717) is 0 Å². The van der Waals surface area contributed by atoms with E-state index in [1.165, 1.54) is 11.8 Å². The molecule has 0 aromatic heterocycles. The summed E-state index contributed by atoms with van der Waals surface area (Å²) < 4.78 is 0. The molecule has 0 N–H and O–H groups in total. The molecular weight excluding hydrogens is 118 g/mol. The van der Waals surface area contributed by atoms with Crippen molar-refractivity contribution in [3.63, 3.8) is 0 Å². The van der Waals surface area contributed by atoms with Gasteiger partial charge in [0.05, 0.1) is 6.04 Å². The Morgan fingerprint density at radius 3 is 2.22 bits per heavy atom. The summed E-state index contributed by atoms with van der Waals surface area (Å²) in [4.78, 5) is 21.9. The molecule has 0 unspecified atom stereocenters. The Kier molecular flexibility index (Phi) is 2.91. The maximum Gasteiger partial charge on any atom is 0.219 e. The zero-order valence-corrected chi connectivity index (χ0v) is 5.92. The van der Waals surface area contributed by atoms with E-state index in [4.69, 9.17) is 0 Å². The number of hydrogen-bond acceptors (Lipinski definition) is 2. The number of rotatable bonds is 2. The first kappa shape index (κ1) is 8.14. The van der Waals surface area contributed by atoms with Crippen molar-refractivity contribution in [3.05, 3.63) is 0 Å². The molecule has 1 amide bonds. The lowest BCUT2D eigenvalue weighted by atomic mass is 10.3. The van der Waals surface area contributed by atoms with Crippen molar-refractivity contribution in [2.45, 2.75) is 19.9 Å². The Morgan fingerprint density at radius 1 is 1.67 bits per heavy atom. The maximum atomic E-state index is 10.5. The van der Waals surface area contributed by atoms with Crippen LogP contribution < -0.4 is 0 Å². The Balaban J connectivity index is 3.86. The van der Waals surface area contributed by atoms with E-state index < -0.39 is 0 Å². The Labute approximate surface area is 54.6 Å². The van der Waals surface area contributed by atoms with Gasteiger partial charge in [0, 0.05) is 14.0 Å². The highest BCUT2D eigenvalue weighted by Gasteiger charge is 2.08. The van der Waals surface area contributed by atoms with Crippen LogP contribution in [0.2, 0.25) is 0 Å². The molecule has 0 aromatic rings. The van der Waals surface area contributed by atoms with Gasteiger partial charge in [-0.3, -0.25) is 4.79 Å². The summed E-state index contributed by atoms with van der Waals surface area (Å²) in [6.45, 7) is 3.11. The van der Waals surface area contributed by atoms with Crippen LogP contribution in [0.1, 0.15) is 13.8 Å². The van der Waals surface area contributed by atoms with Crippen LogP contribution in [0.5, 0.6) is 0 Å². The van der Waals surface area contributed by atoms with Gasteiger partial charge < -0.3 is 9.69 Å². The number of likely N-dealkylation sites (N-methyl/N-ethyl adjacent to an activating group) is 1. The van der Waals surface area contributed by atoms with Crippen LogP contribution in [0.25, 0.3) is 0 Å². The Morgan fingerprint density at radius 2 is 2.11 bits per heavy atom. The van der Waals surface area contributed by atoms with Gasteiger partial charge in [0.15, 0.2) is 0 Å². The zero-order valence-electron chi connectivity index (χ0n) is 5.92. The molecule has 0 aromatic carbocycles. The second kappa shape index (κ2) is 3.22. The predicted molar refractivity (Wildman–Crippen MR) is 34.0 cm³/mol. The number of carbonyl (C=O) groups is 2. The molecule has 52 valence electrons.